The topological polar surface area (TPSA) is 516 Å². The summed E-state index contributed by atoms with van der Waals surface area (Å²) in [5.41, 5.74) is 7.50. The molecule has 3 fully saturated rings. The minimum Gasteiger partial charge on any atom is -0.390 e. The molecule has 0 aliphatic carbocycles. The number of fused-ring (bicyclic) bond motifs is 21. The van der Waals surface area contributed by atoms with Gasteiger partial charge in [-0.05, 0) is 38.1 Å². The van der Waals surface area contributed by atoms with Crippen molar-refractivity contribution < 1.29 is 80.2 Å². The number of nitro benzene ring substituents is 2. The number of nitrogen functional groups attached to an aromatic ring is 1. The molecule has 40 heteroatoms. The van der Waals surface area contributed by atoms with Crippen molar-refractivity contribution in [2.24, 2.45) is 5.73 Å². The number of ether oxygens (including phenoxy) is 5. The number of rotatable bonds is 5. The minimum atomic E-state index is -4.35. The summed E-state index contributed by atoms with van der Waals surface area (Å²) in [6, 6.07) is 5.47. The van der Waals surface area contributed by atoms with Gasteiger partial charge >= 0.3 is 26.6 Å². The van der Waals surface area contributed by atoms with Crippen LogP contribution >= 0.6 is 15.2 Å². The van der Waals surface area contributed by atoms with Crippen molar-refractivity contribution in [1.29, 1.82) is 0 Å². The number of methoxy groups -OCH3 is 1. The van der Waals surface area contributed by atoms with Crippen LogP contribution in [0.2, 0.25) is 0 Å². The highest BCUT2D eigenvalue weighted by molar-refractivity contribution is 7.53. The summed E-state index contributed by atoms with van der Waals surface area (Å²) in [6.07, 6.45) is -9.92. The summed E-state index contributed by atoms with van der Waals surface area (Å²) in [5, 5.41) is 47.8. The van der Waals surface area contributed by atoms with E-state index in [1.165, 1.54) is 68.4 Å². The van der Waals surface area contributed by atoms with Crippen LogP contribution in [0.4, 0.5) is 17.2 Å². The van der Waals surface area contributed by atoms with Crippen LogP contribution in [0.15, 0.2) is 80.5 Å². The maximum absolute atomic E-state index is 14.6. The van der Waals surface area contributed by atoms with Crippen LogP contribution < -0.4 is 55.2 Å². The molecule has 0 spiro atoms. The van der Waals surface area contributed by atoms with E-state index in [2.05, 4.69) is 76.7 Å². The molecule has 0 radical (unpaired) electrons. The van der Waals surface area contributed by atoms with E-state index in [1.54, 1.807) is 0 Å². The predicted molar refractivity (Wildman–Crippen MR) is 359 cm³/mol. The van der Waals surface area contributed by atoms with Gasteiger partial charge in [0, 0.05) is 99.7 Å². The number of nitrogens with two attached hydrogens (primary N) is 2. The SMILES string of the molecule is COCC1OC2CC1OP(C)(=O)OCC1OC3CC1OP(C)(=O)OCC1OC(CC1O)n1cc(c4c(N)ncnc41)C#Cc1ccc(c([N+](=O)[O-])c1)C(C)NC(CN)C(=O)NCC(OC(C)c1ccc(cc1[N+](=O)[O-])C#Cc1cn3c(=O)[nH]c1=O)C(=O)NCC(=O)NCC#Cc1cn2c(=O)[nH]c1=O. The maximum atomic E-state index is 14.6. The molecule has 38 nitrogen and oxygen atoms in total. The molecule has 0 saturated carbocycles. The fourth-order valence-corrected chi connectivity index (χ4v) is 14.5. The molecule has 3 saturated heterocycles. The molecule has 7 aliphatic heterocycles. The summed E-state index contributed by atoms with van der Waals surface area (Å²) in [5.74, 6) is 13.7. The van der Waals surface area contributed by atoms with Gasteiger partial charge < -0.3 is 78.9 Å². The smallest absolute Gasteiger partial charge is 0.330 e. The number of carbonyl (C=O) groups excluding carboxylic acids is 3. The van der Waals surface area contributed by atoms with Gasteiger partial charge in [-0.3, -0.25) is 77.8 Å². The zero-order valence-electron chi connectivity index (χ0n) is 55.5. The lowest BCUT2D eigenvalue weighted by Gasteiger charge is -2.26. The number of nitrogens with one attached hydrogen (secondary N) is 6. The van der Waals surface area contributed by atoms with Crippen LogP contribution in [-0.4, -0.2) is 182 Å². The number of anilines is 1. The van der Waals surface area contributed by atoms with E-state index < -0.39 is 196 Å². The van der Waals surface area contributed by atoms with Gasteiger partial charge in [-0.15, -0.1) is 0 Å². The second kappa shape index (κ2) is 31.4. The Morgan fingerprint density at radius 1 is 0.689 bits per heavy atom. The third kappa shape index (κ3) is 17.3. The predicted octanol–water partition coefficient (Wildman–Crippen LogP) is 0.201. The van der Waals surface area contributed by atoms with Crippen LogP contribution in [0.5, 0.6) is 0 Å². The Balaban J connectivity index is 0.991. The van der Waals surface area contributed by atoms with Gasteiger partial charge in [0.25, 0.3) is 28.4 Å². The number of amides is 3. The molecule has 7 aliphatic rings. The quantitative estimate of drug-likeness (QED) is 0.0482. The number of aromatic amines is 2. The molecule has 6 aromatic rings. The van der Waals surface area contributed by atoms with Crippen molar-refractivity contribution in [2.75, 3.05) is 72.2 Å². The van der Waals surface area contributed by atoms with Crippen LogP contribution in [0.3, 0.4) is 0 Å². The highest BCUT2D eigenvalue weighted by Gasteiger charge is 2.46. The zero-order valence-corrected chi connectivity index (χ0v) is 57.2. The molecule has 3 amide bonds. The number of H-pyrrole nitrogens is 2. The lowest BCUT2D eigenvalue weighted by molar-refractivity contribution is -0.386. The highest BCUT2D eigenvalue weighted by Crippen LogP contribution is 2.52. The van der Waals surface area contributed by atoms with Gasteiger partial charge in [-0.2, -0.15) is 0 Å². The van der Waals surface area contributed by atoms with E-state index in [1.807, 2.05) is 0 Å². The molecule has 11 N–H and O–H groups in total. The van der Waals surface area contributed by atoms with E-state index in [0.29, 0.717) is 0 Å². The molecule has 4 aromatic heterocycles. The summed E-state index contributed by atoms with van der Waals surface area (Å²) in [4.78, 5) is 132. The van der Waals surface area contributed by atoms with E-state index >= 15 is 0 Å². The summed E-state index contributed by atoms with van der Waals surface area (Å²) >= 11 is 0. The Morgan fingerprint density at radius 2 is 1.26 bits per heavy atom. The monoisotopic (exact) mass is 1470 g/mol. The van der Waals surface area contributed by atoms with E-state index in [4.69, 9.17) is 53.2 Å². The van der Waals surface area contributed by atoms with Crippen molar-refractivity contribution in [1.82, 2.24) is 54.9 Å². The lowest BCUT2D eigenvalue weighted by atomic mass is 10.0. The molecule has 13 rings (SSSR count). The first-order valence-corrected chi connectivity index (χ1v) is 35.8. The highest BCUT2D eigenvalue weighted by atomic mass is 31.2. The van der Waals surface area contributed by atoms with Crippen LogP contribution in [0, 0.1) is 55.8 Å². The molecule has 544 valence electrons. The van der Waals surface area contributed by atoms with E-state index in [-0.39, 0.29) is 81.7 Å². The number of hydrogen-bond acceptors (Lipinski definition) is 28. The first kappa shape index (κ1) is 74.3. The number of carbonyl (C=O) groups is 3. The zero-order chi connectivity index (χ0) is 73.8. The van der Waals surface area contributed by atoms with Crippen LogP contribution in [0.25, 0.3) is 11.0 Å². The Labute approximate surface area is 582 Å². The lowest BCUT2D eigenvalue weighted by Crippen LogP contribution is -2.53. The van der Waals surface area contributed by atoms with E-state index in [9.17, 15) is 68.0 Å². The van der Waals surface area contributed by atoms with Crippen LogP contribution in [0.1, 0.15) is 103 Å². The molecule has 15 atom stereocenters. The Kier molecular flexibility index (Phi) is 22.6. The summed E-state index contributed by atoms with van der Waals surface area (Å²) in [6.45, 7) is 1.45. The van der Waals surface area contributed by atoms with Gasteiger partial charge in [0.1, 0.15) is 65.9 Å². The number of aliphatic hydroxyl groups excluding tert-OH is 1. The molecular formula is C63H69N15O23P2. The number of nitro groups is 2. The van der Waals surface area contributed by atoms with Crippen molar-refractivity contribution >= 4 is 61.1 Å². The summed E-state index contributed by atoms with van der Waals surface area (Å²) < 4.78 is 87.1. The molecule has 15 unspecified atom stereocenters. The minimum absolute atomic E-state index is 0.00190. The van der Waals surface area contributed by atoms with E-state index in [0.717, 1.165) is 40.9 Å². The molecule has 11 heterocycles. The summed E-state index contributed by atoms with van der Waals surface area (Å²) in [7, 11) is -7.30. The second-order valence-electron chi connectivity index (χ2n) is 24.4. The molecule has 18 bridgehead atoms. The van der Waals surface area contributed by atoms with Gasteiger partial charge in [-0.25, -0.2) is 19.6 Å². The van der Waals surface area contributed by atoms with Crippen molar-refractivity contribution in [3.8, 4) is 35.5 Å². The Hall–Kier alpha value is -9.91. The van der Waals surface area contributed by atoms with Gasteiger partial charge in [0.15, 0.2) is 6.10 Å². The van der Waals surface area contributed by atoms with Crippen molar-refractivity contribution in [3.63, 3.8) is 0 Å². The Bertz CT molecular complexity index is 4910. The average molecular weight is 1470 g/mol. The van der Waals surface area contributed by atoms with Crippen molar-refractivity contribution in [3.05, 3.63) is 162 Å². The normalized spacial score (nSPS) is 28.9. The number of aromatic nitrogens is 7. The number of benzene rings is 2. The fraction of sp³-hybridized carbons (Fsp3) is 0.444. The second-order valence-corrected chi connectivity index (χ2v) is 28.4. The standard InChI is InChI=1S/C63H69N15O23P2/c1-32-39-14-10-34(17-42(39)77(87)88)8-12-36-25-74(57-55(36)56(65)69-31-70-57)52-19-44(79)48(97-52)29-94-102(4,91)101-46-21-54-76-27-38(59(82)73-63(76)86)13-9-35-11-15-40(43(18-35)78(89)90)33(2)96-47(23-67-60(83)41(22-64)71-32)61(84)68-24-51(80)66-16-6-7-37-26-75(62(85)72-58(37)81)53-20-45(49(98-53)28-93-3)100-103(5,92)95-30-50(46)99-54/h10-11,14-15,17-18,25-27,31-33,41,44-50,52-54,71,79H,16,19-24,28-30,64H2,1-5H3,(H,66,80)(H,67,83)(H,68,84)(H2,65,69,70)(H,72,81,85)(H,73,82,86). The van der Waals surface area contributed by atoms with Gasteiger partial charge in [0.05, 0.1) is 96.3 Å². The number of hydrogen-bond donors (Lipinski definition) is 9. The Morgan fingerprint density at radius 3 is 1.91 bits per heavy atom. The maximum Gasteiger partial charge on any atom is 0.330 e. The molecule has 2 aromatic carbocycles. The number of nitrogens with zero attached hydrogens (tertiary/aromatic N) is 7. The van der Waals surface area contributed by atoms with Gasteiger partial charge in [-0.1, -0.05) is 35.5 Å². The largest absolute Gasteiger partial charge is 0.390 e. The number of aliphatic hydroxyl groups is 1. The first-order chi connectivity index (χ1) is 49.1. The third-order valence-corrected chi connectivity index (χ3v) is 19.7. The molecule has 103 heavy (non-hydrogen) atoms. The van der Waals surface area contributed by atoms with Crippen LogP contribution in [-0.2, 0) is 65.3 Å². The first-order valence-electron chi connectivity index (χ1n) is 31.9. The van der Waals surface area contributed by atoms with Gasteiger partial charge in [0.2, 0.25) is 11.8 Å². The average Bonchev–Trinajstić information content (AvgIpc) is 1.82. The van der Waals surface area contributed by atoms with Crippen molar-refractivity contribution in [2.45, 2.75) is 113 Å². The fourth-order valence-electron chi connectivity index (χ4n) is 12.1. The molecular weight excluding hydrogens is 1400 g/mol. The third-order valence-electron chi connectivity index (χ3n) is 17.2.